The average molecular weight is 313 g/mol. The summed E-state index contributed by atoms with van der Waals surface area (Å²) in [6.07, 6.45) is 1.68. The molecule has 0 atom stereocenters. The van der Waals surface area contributed by atoms with E-state index in [0.29, 0.717) is 6.61 Å². The van der Waals surface area contributed by atoms with E-state index in [1.54, 1.807) is 6.26 Å². The summed E-state index contributed by atoms with van der Waals surface area (Å²) in [4.78, 5) is 5.07. The van der Waals surface area contributed by atoms with Crippen LogP contribution in [0, 0.1) is 0 Å². The zero-order valence-corrected chi connectivity index (χ0v) is 12.8. The predicted octanol–water partition coefficient (Wildman–Crippen LogP) is 4.91. The molecule has 0 N–H and O–H groups in total. The van der Waals surface area contributed by atoms with E-state index in [2.05, 4.69) is 48.5 Å². The lowest BCUT2D eigenvalue weighted by molar-refractivity contribution is 0.303. The van der Waals surface area contributed by atoms with Crippen molar-refractivity contribution in [3.63, 3.8) is 0 Å². The molecule has 0 amide bonds. The minimum atomic E-state index is -0.360. The molecule has 1 aliphatic heterocycles. The molecular weight excluding hydrogens is 300 g/mol. The summed E-state index contributed by atoms with van der Waals surface area (Å²) in [5.41, 5.74) is 0. The molecule has 0 fully saturated rings. The number of benzene rings is 2. The Kier molecular flexibility index (Phi) is 3.51. The van der Waals surface area contributed by atoms with Crippen LogP contribution in [0.1, 0.15) is 5.76 Å². The van der Waals surface area contributed by atoms with Gasteiger partial charge in [0, 0.05) is 0 Å². The average Bonchev–Trinajstić information content (AvgIpc) is 3.05. The molecule has 4 heteroatoms. The molecule has 2 aromatic carbocycles. The highest BCUT2D eigenvalue weighted by Crippen LogP contribution is 2.45. The monoisotopic (exact) mass is 313 g/mol. The molecule has 1 aromatic heterocycles. The molecule has 4 rings (SSSR count). The van der Waals surface area contributed by atoms with Crippen molar-refractivity contribution in [2.75, 3.05) is 0 Å². The fourth-order valence-corrected chi connectivity index (χ4v) is 5.45. The molecule has 0 saturated heterocycles. The zero-order chi connectivity index (χ0) is 14.1. The summed E-state index contributed by atoms with van der Waals surface area (Å²) in [6, 6.07) is 20.8. The Morgan fingerprint density at radius 3 is 2.14 bits per heavy atom. The Bertz CT molecular complexity index is 707. The highest BCUT2D eigenvalue weighted by molar-refractivity contribution is 8.02. The quantitative estimate of drug-likeness (QED) is 0.641. The van der Waals surface area contributed by atoms with Crippen LogP contribution in [0.4, 0.5) is 0 Å². The molecule has 104 valence electrons. The van der Waals surface area contributed by atoms with Crippen molar-refractivity contribution in [3.8, 4) is 0 Å². The van der Waals surface area contributed by atoms with Gasteiger partial charge in [-0.2, -0.15) is 4.18 Å². The molecule has 0 spiro atoms. The summed E-state index contributed by atoms with van der Waals surface area (Å²) in [5, 5.41) is 0. The smallest absolute Gasteiger partial charge is 0.225 e. The van der Waals surface area contributed by atoms with E-state index >= 15 is 0 Å². The van der Waals surface area contributed by atoms with Crippen molar-refractivity contribution in [1.82, 2.24) is 0 Å². The minimum absolute atomic E-state index is 0.360. The van der Waals surface area contributed by atoms with E-state index in [9.17, 15) is 0 Å². The van der Waals surface area contributed by atoms with Crippen LogP contribution in [-0.4, -0.2) is 0 Å². The summed E-state index contributed by atoms with van der Waals surface area (Å²) in [5.74, 6) is 0.857. The van der Waals surface area contributed by atoms with Crippen molar-refractivity contribution >= 4 is 22.9 Å². The van der Waals surface area contributed by atoms with E-state index in [-0.39, 0.29) is 11.2 Å². The summed E-state index contributed by atoms with van der Waals surface area (Å²) < 4.78 is 11.6. The maximum atomic E-state index is 6.20. The third-order valence-corrected chi connectivity index (χ3v) is 6.49. The van der Waals surface area contributed by atoms with Gasteiger partial charge < -0.3 is 4.42 Å². The number of furan rings is 1. The lowest BCUT2D eigenvalue weighted by Crippen LogP contribution is -2.13. The van der Waals surface area contributed by atoms with Gasteiger partial charge in [-0.05, 0) is 36.4 Å². The first kappa shape index (κ1) is 13.1. The Morgan fingerprint density at radius 1 is 0.857 bits per heavy atom. The first-order valence-electron chi connectivity index (χ1n) is 6.68. The lowest BCUT2D eigenvalue weighted by atomic mass is 10.3. The van der Waals surface area contributed by atoms with E-state index in [1.165, 1.54) is 19.6 Å². The fraction of sp³-hybridized carbons (Fsp3) is 0.0588. The van der Waals surface area contributed by atoms with Gasteiger partial charge in [-0.3, -0.25) is 0 Å². The first-order valence-corrected chi connectivity index (χ1v) is 8.64. The van der Waals surface area contributed by atoms with Crippen LogP contribution < -0.4 is 0 Å². The van der Waals surface area contributed by atoms with Crippen LogP contribution in [-0.2, 0) is 22.0 Å². The second kappa shape index (κ2) is 5.64. The summed E-state index contributed by atoms with van der Waals surface area (Å²) in [7, 11) is 0. The number of hydrogen-bond donors (Lipinski definition) is 0. The van der Waals surface area contributed by atoms with Crippen molar-refractivity contribution in [1.29, 1.82) is 0 Å². The SMILES string of the molecule is c1coc(CO[S+]2c3ccccc3Sc3ccccc32)c1. The van der Waals surface area contributed by atoms with Gasteiger partial charge in [0.15, 0.2) is 6.61 Å². The van der Waals surface area contributed by atoms with Crippen LogP contribution >= 0.6 is 11.8 Å². The maximum Gasteiger partial charge on any atom is 0.225 e. The molecule has 0 unspecified atom stereocenters. The highest BCUT2D eigenvalue weighted by Gasteiger charge is 2.38. The van der Waals surface area contributed by atoms with Gasteiger partial charge in [0.2, 0.25) is 21.0 Å². The Morgan fingerprint density at radius 2 is 1.52 bits per heavy atom. The van der Waals surface area contributed by atoms with Gasteiger partial charge >= 0.3 is 0 Å². The van der Waals surface area contributed by atoms with Gasteiger partial charge in [-0.15, -0.1) is 0 Å². The lowest BCUT2D eigenvalue weighted by Gasteiger charge is -2.16. The fourth-order valence-electron chi connectivity index (χ4n) is 2.25. The molecular formula is C17H13O2S2+. The van der Waals surface area contributed by atoms with Crippen molar-refractivity contribution < 1.29 is 8.60 Å². The maximum absolute atomic E-state index is 6.20. The summed E-state index contributed by atoms with van der Waals surface area (Å²) in [6.45, 7) is 0.490. The van der Waals surface area contributed by atoms with Gasteiger partial charge in [-0.1, -0.05) is 36.0 Å². The van der Waals surface area contributed by atoms with Gasteiger partial charge in [0.25, 0.3) is 0 Å². The van der Waals surface area contributed by atoms with Gasteiger partial charge in [0.1, 0.15) is 5.76 Å². The van der Waals surface area contributed by atoms with E-state index in [4.69, 9.17) is 8.60 Å². The van der Waals surface area contributed by atoms with Crippen LogP contribution in [0.15, 0.2) is 90.9 Å². The van der Waals surface area contributed by atoms with E-state index in [0.717, 1.165) is 5.76 Å². The van der Waals surface area contributed by atoms with Crippen molar-refractivity contribution in [3.05, 3.63) is 72.7 Å². The molecule has 0 aliphatic carbocycles. The van der Waals surface area contributed by atoms with E-state index < -0.39 is 0 Å². The molecule has 2 nitrogen and oxygen atoms in total. The summed E-state index contributed by atoms with van der Waals surface area (Å²) >= 11 is 1.45. The Balaban J connectivity index is 1.71. The van der Waals surface area contributed by atoms with Crippen LogP contribution in [0.5, 0.6) is 0 Å². The van der Waals surface area contributed by atoms with Crippen LogP contribution in [0.25, 0.3) is 0 Å². The normalized spacial score (nSPS) is 13.7. The van der Waals surface area contributed by atoms with Crippen LogP contribution in [0.2, 0.25) is 0 Å². The number of fused-ring (bicyclic) bond motifs is 2. The molecule has 3 aromatic rings. The number of rotatable bonds is 3. The molecule has 21 heavy (non-hydrogen) atoms. The largest absolute Gasteiger partial charge is 0.467 e. The molecule has 1 aliphatic rings. The molecule has 2 heterocycles. The second-order valence-corrected chi connectivity index (χ2v) is 7.34. The standard InChI is InChI=1S/C17H13O2S2/c1-3-9-16-14(7-1)20-15-8-2-4-10-17(15)21(16)19-12-13-6-5-11-18-13/h1-11H,12H2/q+1. The molecule has 0 bridgehead atoms. The Labute approximate surface area is 130 Å². The first-order chi connectivity index (χ1) is 10.4. The van der Waals surface area contributed by atoms with Crippen LogP contribution in [0.3, 0.4) is 0 Å². The molecule has 0 saturated carbocycles. The third-order valence-electron chi connectivity index (χ3n) is 3.22. The minimum Gasteiger partial charge on any atom is -0.467 e. The third kappa shape index (κ3) is 2.50. The van der Waals surface area contributed by atoms with Gasteiger partial charge in [-0.25, -0.2) is 0 Å². The molecule has 0 radical (unpaired) electrons. The predicted molar refractivity (Wildman–Crippen MR) is 84.4 cm³/mol. The highest BCUT2D eigenvalue weighted by atomic mass is 32.2. The zero-order valence-electron chi connectivity index (χ0n) is 11.2. The van der Waals surface area contributed by atoms with E-state index in [1.807, 2.05) is 23.9 Å². The second-order valence-electron chi connectivity index (χ2n) is 4.61. The Hall–Kier alpha value is -1.62. The van der Waals surface area contributed by atoms with Gasteiger partial charge in [0.05, 0.1) is 16.1 Å². The number of hydrogen-bond acceptors (Lipinski definition) is 3. The topological polar surface area (TPSA) is 22.4 Å². The van der Waals surface area contributed by atoms with Crippen molar-refractivity contribution in [2.45, 2.75) is 26.2 Å². The van der Waals surface area contributed by atoms with Crippen molar-refractivity contribution in [2.24, 2.45) is 0 Å².